The second kappa shape index (κ2) is 6.51. The van der Waals surface area contributed by atoms with Gasteiger partial charge in [0.25, 0.3) is 0 Å². The predicted octanol–water partition coefficient (Wildman–Crippen LogP) is 1.77. The quantitative estimate of drug-likeness (QED) is 0.784. The Bertz CT molecular complexity index is 292. The van der Waals surface area contributed by atoms with Gasteiger partial charge in [-0.3, -0.25) is 4.90 Å². The molecule has 1 rings (SSSR count). The number of hydrogen-bond donors (Lipinski definition) is 1. The van der Waals surface area contributed by atoms with Crippen LogP contribution in [0.2, 0.25) is 0 Å². The Labute approximate surface area is 111 Å². The van der Waals surface area contributed by atoms with Crippen molar-refractivity contribution < 1.29 is 4.74 Å². The number of nitriles is 1. The molecule has 1 heterocycles. The standard InChI is InChI=1S/C14H27N3O/c1-5-14(11-15,16-4)7-6-8-17-9-10-18-13(2,3)12-17/h16H,5-10,12H2,1-4H3. The Kier molecular flexibility index (Phi) is 5.58. The van der Waals surface area contributed by atoms with E-state index in [4.69, 9.17) is 4.74 Å². The van der Waals surface area contributed by atoms with Crippen molar-refractivity contribution >= 4 is 0 Å². The second-order valence-electron chi connectivity index (χ2n) is 5.79. The molecular weight excluding hydrogens is 226 g/mol. The van der Waals surface area contributed by atoms with Gasteiger partial charge >= 0.3 is 0 Å². The highest BCUT2D eigenvalue weighted by molar-refractivity contribution is 5.05. The Balaban J connectivity index is 2.35. The van der Waals surface area contributed by atoms with E-state index in [1.165, 1.54) is 0 Å². The number of nitrogens with zero attached hydrogens (tertiary/aromatic N) is 2. The van der Waals surface area contributed by atoms with Crippen LogP contribution < -0.4 is 5.32 Å². The molecule has 0 amide bonds. The fourth-order valence-corrected chi connectivity index (χ4v) is 2.58. The fourth-order valence-electron chi connectivity index (χ4n) is 2.58. The lowest BCUT2D eigenvalue weighted by atomic mass is 9.92. The van der Waals surface area contributed by atoms with E-state index in [1.807, 2.05) is 7.05 Å². The zero-order valence-electron chi connectivity index (χ0n) is 12.3. The maximum Gasteiger partial charge on any atom is 0.106 e. The zero-order valence-corrected chi connectivity index (χ0v) is 12.3. The lowest BCUT2D eigenvalue weighted by molar-refractivity contribution is -0.0862. The molecule has 104 valence electrons. The number of nitrogens with one attached hydrogen (secondary N) is 1. The van der Waals surface area contributed by atoms with Crippen molar-refractivity contribution in [3.8, 4) is 6.07 Å². The highest BCUT2D eigenvalue weighted by Crippen LogP contribution is 2.19. The summed E-state index contributed by atoms with van der Waals surface area (Å²) < 4.78 is 5.70. The van der Waals surface area contributed by atoms with E-state index >= 15 is 0 Å². The molecular formula is C14H27N3O. The molecule has 1 atom stereocenters. The van der Waals surface area contributed by atoms with Gasteiger partial charge in [0, 0.05) is 13.1 Å². The summed E-state index contributed by atoms with van der Waals surface area (Å²) >= 11 is 0. The molecule has 0 aromatic rings. The van der Waals surface area contributed by atoms with E-state index < -0.39 is 0 Å². The van der Waals surface area contributed by atoms with Crippen molar-refractivity contribution in [2.45, 2.75) is 51.2 Å². The lowest BCUT2D eigenvalue weighted by Gasteiger charge is -2.38. The van der Waals surface area contributed by atoms with Crippen LogP contribution in [0.3, 0.4) is 0 Å². The van der Waals surface area contributed by atoms with Gasteiger partial charge in [-0.25, -0.2) is 0 Å². The molecule has 1 N–H and O–H groups in total. The third-order valence-corrected chi connectivity index (χ3v) is 3.88. The predicted molar refractivity (Wildman–Crippen MR) is 73.4 cm³/mol. The fraction of sp³-hybridized carbons (Fsp3) is 0.929. The van der Waals surface area contributed by atoms with Gasteiger partial charge in [-0.1, -0.05) is 6.92 Å². The SMILES string of the molecule is CCC(C#N)(CCCN1CCOC(C)(C)C1)NC. The van der Waals surface area contributed by atoms with Gasteiger partial charge in [0.1, 0.15) is 5.54 Å². The van der Waals surface area contributed by atoms with E-state index in [0.29, 0.717) is 0 Å². The van der Waals surface area contributed by atoms with Crippen molar-refractivity contribution in [3.05, 3.63) is 0 Å². The van der Waals surface area contributed by atoms with Crippen molar-refractivity contribution in [1.82, 2.24) is 10.2 Å². The van der Waals surface area contributed by atoms with Crippen molar-refractivity contribution in [3.63, 3.8) is 0 Å². The summed E-state index contributed by atoms with van der Waals surface area (Å²) in [7, 11) is 1.88. The molecule has 0 aliphatic carbocycles. The molecule has 0 radical (unpaired) electrons. The number of rotatable bonds is 6. The Morgan fingerprint density at radius 2 is 2.22 bits per heavy atom. The summed E-state index contributed by atoms with van der Waals surface area (Å²) in [5.74, 6) is 0. The molecule has 1 aliphatic heterocycles. The van der Waals surface area contributed by atoms with Gasteiger partial charge in [-0.05, 0) is 46.7 Å². The van der Waals surface area contributed by atoms with Gasteiger partial charge in [-0.15, -0.1) is 0 Å². The van der Waals surface area contributed by atoms with Crippen molar-refractivity contribution in [2.75, 3.05) is 33.3 Å². The summed E-state index contributed by atoms with van der Waals surface area (Å²) in [6, 6.07) is 2.41. The first-order valence-corrected chi connectivity index (χ1v) is 6.93. The van der Waals surface area contributed by atoms with Crippen LogP contribution in [-0.4, -0.2) is 49.3 Å². The van der Waals surface area contributed by atoms with Crippen LogP contribution in [0.5, 0.6) is 0 Å². The lowest BCUT2D eigenvalue weighted by Crippen LogP contribution is -2.49. The maximum absolute atomic E-state index is 9.25. The molecule has 1 fully saturated rings. The highest BCUT2D eigenvalue weighted by Gasteiger charge is 2.28. The van der Waals surface area contributed by atoms with Gasteiger partial charge in [-0.2, -0.15) is 5.26 Å². The van der Waals surface area contributed by atoms with Gasteiger partial charge in [0.15, 0.2) is 0 Å². The van der Waals surface area contributed by atoms with Crippen LogP contribution >= 0.6 is 0 Å². The third kappa shape index (κ3) is 4.24. The number of morpholine rings is 1. The Morgan fingerprint density at radius 3 is 2.72 bits per heavy atom. The summed E-state index contributed by atoms with van der Waals surface area (Å²) in [5, 5.41) is 12.4. The molecule has 18 heavy (non-hydrogen) atoms. The number of ether oxygens (including phenoxy) is 1. The van der Waals surface area contributed by atoms with E-state index in [1.54, 1.807) is 0 Å². The van der Waals surface area contributed by atoms with E-state index in [9.17, 15) is 5.26 Å². The summed E-state index contributed by atoms with van der Waals surface area (Å²) in [6.07, 6.45) is 2.82. The van der Waals surface area contributed by atoms with Gasteiger partial charge in [0.05, 0.1) is 18.3 Å². The zero-order chi connectivity index (χ0) is 13.6. The minimum absolute atomic E-state index is 0.0294. The van der Waals surface area contributed by atoms with Crippen LogP contribution in [-0.2, 0) is 4.74 Å². The van der Waals surface area contributed by atoms with Crippen LogP contribution in [0.1, 0.15) is 40.0 Å². The average molecular weight is 253 g/mol. The normalized spacial score (nSPS) is 23.3. The summed E-state index contributed by atoms with van der Waals surface area (Å²) in [4.78, 5) is 2.44. The molecule has 0 aromatic heterocycles. The molecule has 1 saturated heterocycles. The Morgan fingerprint density at radius 1 is 1.50 bits per heavy atom. The van der Waals surface area contributed by atoms with Gasteiger partial charge < -0.3 is 10.1 Å². The average Bonchev–Trinajstić information content (AvgIpc) is 2.34. The van der Waals surface area contributed by atoms with Crippen molar-refractivity contribution in [2.24, 2.45) is 0 Å². The first-order valence-electron chi connectivity index (χ1n) is 6.93. The molecule has 0 saturated carbocycles. The highest BCUT2D eigenvalue weighted by atomic mass is 16.5. The molecule has 4 heteroatoms. The maximum atomic E-state index is 9.25. The smallest absolute Gasteiger partial charge is 0.106 e. The third-order valence-electron chi connectivity index (χ3n) is 3.88. The van der Waals surface area contributed by atoms with Crippen LogP contribution in [0.15, 0.2) is 0 Å². The monoisotopic (exact) mass is 253 g/mol. The van der Waals surface area contributed by atoms with Gasteiger partial charge in [0.2, 0.25) is 0 Å². The summed E-state index contributed by atoms with van der Waals surface area (Å²) in [6.45, 7) is 10.2. The molecule has 4 nitrogen and oxygen atoms in total. The van der Waals surface area contributed by atoms with E-state index in [2.05, 4.69) is 37.1 Å². The minimum Gasteiger partial charge on any atom is -0.373 e. The first kappa shape index (κ1) is 15.4. The van der Waals surface area contributed by atoms with Crippen LogP contribution in [0.4, 0.5) is 0 Å². The van der Waals surface area contributed by atoms with Crippen molar-refractivity contribution in [1.29, 1.82) is 5.26 Å². The van der Waals surface area contributed by atoms with Crippen LogP contribution in [0, 0.1) is 11.3 Å². The largest absolute Gasteiger partial charge is 0.373 e. The Hall–Kier alpha value is -0.630. The second-order valence-corrected chi connectivity index (χ2v) is 5.79. The number of hydrogen-bond acceptors (Lipinski definition) is 4. The molecule has 0 spiro atoms. The molecule has 1 unspecified atom stereocenters. The summed E-state index contributed by atoms with van der Waals surface area (Å²) in [5.41, 5.74) is -0.375. The van der Waals surface area contributed by atoms with E-state index in [-0.39, 0.29) is 11.1 Å². The molecule has 0 aromatic carbocycles. The first-order chi connectivity index (χ1) is 8.47. The van der Waals surface area contributed by atoms with Crippen LogP contribution in [0.25, 0.3) is 0 Å². The molecule has 1 aliphatic rings. The minimum atomic E-state index is -0.345. The van der Waals surface area contributed by atoms with E-state index in [0.717, 1.165) is 45.5 Å². The molecule has 0 bridgehead atoms. The topological polar surface area (TPSA) is 48.3 Å².